The van der Waals surface area contributed by atoms with Gasteiger partial charge in [0.05, 0.1) is 0 Å². The Bertz CT molecular complexity index is 703. The van der Waals surface area contributed by atoms with Crippen molar-refractivity contribution in [1.82, 2.24) is 14.7 Å². The quantitative estimate of drug-likeness (QED) is 0.497. The molecular formula is C19H33N3O6S. The van der Waals surface area contributed by atoms with Gasteiger partial charge in [0.15, 0.2) is 4.75 Å². The Morgan fingerprint density at radius 3 is 2.14 bits per heavy atom. The van der Waals surface area contributed by atoms with Crippen LogP contribution in [0.4, 0.5) is 0 Å². The molecule has 0 saturated carbocycles. The number of ether oxygens (including phenoxy) is 1. The average molecular weight is 432 g/mol. The van der Waals surface area contributed by atoms with Crippen LogP contribution in [0.3, 0.4) is 0 Å². The molecule has 0 aromatic rings. The minimum Gasteiger partial charge on any atom is -0.381 e. The number of amides is 2. The van der Waals surface area contributed by atoms with Crippen LogP contribution < -0.4 is 5.48 Å². The van der Waals surface area contributed by atoms with Crippen LogP contribution in [-0.4, -0.2) is 78.8 Å². The van der Waals surface area contributed by atoms with Gasteiger partial charge in [-0.2, -0.15) is 0 Å². The number of hydrogen-bond acceptors (Lipinski definition) is 6. The molecule has 3 saturated heterocycles. The molecule has 0 radical (unpaired) electrons. The third-order valence-electron chi connectivity index (χ3n) is 6.63. The Morgan fingerprint density at radius 1 is 1.07 bits per heavy atom. The summed E-state index contributed by atoms with van der Waals surface area (Å²) in [5, 5.41) is 9.14. The van der Waals surface area contributed by atoms with Crippen molar-refractivity contribution < 1.29 is 28.0 Å². The van der Waals surface area contributed by atoms with Gasteiger partial charge in [-0.25, -0.2) is 18.2 Å². The molecule has 3 rings (SSSR count). The van der Waals surface area contributed by atoms with Crippen molar-refractivity contribution >= 4 is 21.8 Å². The van der Waals surface area contributed by atoms with Gasteiger partial charge < -0.3 is 9.64 Å². The van der Waals surface area contributed by atoms with Crippen LogP contribution in [0.25, 0.3) is 0 Å². The summed E-state index contributed by atoms with van der Waals surface area (Å²) in [5.74, 6) is -0.0112. The number of piperidine rings is 2. The Hall–Kier alpha value is -1.23. The second kappa shape index (κ2) is 8.87. The molecule has 166 valence electrons. The molecule has 3 fully saturated rings. The predicted octanol–water partition coefficient (Wildman–Crippen LogP) is 0.587. The Morgan fingerprint density at radius 2 is 1.62 bits per heavy atom. The summed E-state index contributed by atoms with van der Waals surface area (Å²) in [6, 6.07) is 0. The van der Waals surface area contributed by atoms with Crippen molar-refractivity contribution in [2.24, 2.45) is 17.8 Å². The minimum atomic E-state index is -3.99. The second-order valence-electron chi connectivity index (χ2n) is 8.92. The highest BCUT2D eigenvalue weighted by molar-refractivity contribution is 7.91. The maximum Gasteiger partial charge on any atom is 0.266 e. The van der Waals surface area contributed by atoms with E-state index < -0.39 is 20.7 Å². The fraction of sp³-hybridized carbons (Fsp3) is 0.895. The van der Waals surface area contributed by atoms with Gasteiger partial charge in [-0.15, -0.1) is 0 Å². The molecule has 3 aliphatic heterocycles. The third kappa shape index (κ3) is 4.30. The molecule has 2 atom stereocenters. The van der Waals surface area contributed by atoms with E-state index in [1.54, 1.807) is 0 Å². The van der Waals surface area contributed by atoms with Crippen molar-refractivity contribution in [3.8, 4) is 0 Å². The molecule has 0 bridgehead atoms. The fourth-order valence-corrected chi connectivity index (χ4v) is 7.24. The molecule has 0 aliphatic carbocycles. The number of sulfonamides is 1. The Kier molecular flexibility index (Phi) is 6.87. The van der Waals surface area contributed by atoms with E-state index in [1.807, 2.05) is 4.90 Å². The van der Waals surface area contributed by atoms with E-state index >= 15 is 0 Å². The number of nitrogens with zero attached hydrogens (tertiary/aromatic N) is 2. The predicted molar refractivity (Wildman–Crippen MR) is 105 cm³/mol. The van der Waals surface area contributed by atoms with Crippen LogP contribution in [0, 0.1) is 17.8 Å². The molecule has 0 aromatic heterocycles. The highest BCUT2D eigenvalue weighted by Crippen LogP contribution is 2.35. The fourth-order valence-electron chi connectivity index (χ4n) is 5.10. The largest absolute Gasteiger partial charge is 0.381 e. The van der Waals surface area contributed by atoms with Crippen molar-refractivity contribution in [1.29, 1.82) is 0 Å². The van der Waals surface area contributed by atoms with E-state index in [1.165, 1.54) is 9.79 Å². The lowest BCUT2D eigenvalue weighted by Crippen LogP contribution is -2.60. The zero-order valence-corrected chi connectivity index (χ0v) is 18.1. The molecule has 9 nitrogen and oxygen atoms in total. The number of likely N-dealkylation sites (tertiary alicyclic amines) is 1. The van der Waals surface area contributed by atoms with Crippen LogP contribution in [-0.2, 0) is 24.3 Å². The van der Waals surface area contributed by atoms with E-state index in [4.69, 9.17) is 9.94 Å². The maximum absolute atomic E-state index is 13.3. The molecule has 2 amide bonds. The van der Waals surface area contributed by atoms with Gasteiger partial charge in [-0.3, -0.25) is 14.8 Å². The van der Waals surface area contributed by atoms with Gasteiger partial charge in [-0.1, -0.05) is 13.8 Å². The molecular weight excluding hydrogens is 398 g/mol. The highest BCUT2D eigenvalue weighted by Gasteiger charge is 2.54. The van der Waals surface area contributed by atoms with Crippen LogP contribution in [0.15, 0.2) is 0 Å². The Balaban J connectivity index is 1.67. The topological polar surface area (TPSA) is 116 Å². The first-order valence-corrected chi connectivity index (χ1v) is 12.0. The SMILES string of the molecule is CC1CC(C)CN(C(=O)C2CCN(S(=O)(=O)C3(C(=O)NO)CCOCC3)CC2)C1. The lowest BCUT2D eigenvalue weighted by atomic mass is 9.89. The van der Waals surface area contributed by atoms with Gasteiger partial charge >= 0.3 is 0 Å². The first kappa shape index (κ1) is 22.5. The molecule has 3 heterocycles. The highest BCUT2D eigenvalue weighted by atomic mass is 32.2. The van der Waals surface area contributed by atoms with Gasteiger partial charge in [-0.05, 0) is 31.1 Å². The number of carbonyl (C=O) groups excluding carboxylic acids is 2. The van der Waals surface area contributed by atoms with Crippen molar-refractivity contribution in [2.45, 2.75) is 50.7 Å². The first-order valence-electron chi connectivity index (χ1n) is 10.5. The summed E-state index contributed by atoms with van der Waals surface area (Å²) in [7, 11) is -3.99. The monoisotopic (exact) mass is 431 g/mol. The van der Waals surface area contributed by atoms with E-state index in [2.05, 4.69) is 13.8 Å². The smallest absolute Gasteiger partial charge is 0.266 e. The average Bonchev–Trinajstić information content (AvgIpc) is 2.72. The summed E-state index contributed by atoms with van der Waals surface area (Å²) in [5.41, 5.74) is 1.54. The van der Waals surface area contributed by atoms with Crippen molar-refractivity contribution in [3.05, 3.63) is 0 Å². The molecule has 2 N–H and O–H groups in total. The number of nitrogens with one attached hydrogen (secondary N) is 1. The van der Waals surface area contributed by atoms with Gasteiger partial charge in [0, 0.05) is 58.2 Å². The summed E-state index contributed by atoms with van der Waals surface area (Å²) in [4.78, 5) is 27.2. The van der Waals surface area contributed by atoms with Crippen LogP contribution in [0.2, 0.25) is 0 Å². The van der Waals surface area contributed by atoms with E-state index in [-0.39, 0.29) is 51.0 Å². The van der Waals surface area contributed by atoms with Gasteiger partial charge in [0.1, 0.15) is 0 Å². The number of hydrogen-bond donors (Lipinski definition) is 2. The summed E-state index contributed by atoms with van der Waals surface area (Å²) >= 11 is 0. The normalized spacial score (nSPS) is 29.4. The lowest BCUT2D eigenvalue weighted by Gasteiger charge is -2.42. The molecule has 29 heavy (non-hydrogen) atoms. The zero-order chi connectivity index (χ0) is 21.2. The molecule has 0 aromatic carbocycles. The number of hydroxylamine groups is 1. The van der Waals surface area contributed by atoms with Crippen LogP contribution in [0.5, 0.6) is 0 Å². The summed E-state index contributed by atoms with van der Waals surface area (Å²) < 4.78 is 31.5. The second-order valence-corrected chi connectivity index (χ2v) is 11.2. The Labute approximate surface area is 172 Å². The van der Waals surface area contributed by atoms with E-state index in [9.17, 15) is 18.0 Å². The molecule has 3 aliphatic rings. The van der Waals surface area contributed by atoms with E-state index in [0.29, 0.717) is 24.7 Å². The van der Waals surface area contributed by atoms with Gasteiger partial charge in [0.2, 0.25) is 15.9 Å². The van der Waals surface area contributed by atoms with E-state index in [0.717, 1.165) is 19.5 Å². The summed E-state index contributed by atoms with van der Waals surface area (Å²) in [6.45, 7) is 6.55. The van der Waals surface area contributed by atoms with Crippen molar-refractivity contribution in [2.75, 3.05) is 39.4 Å². The minimum absolute atomic E-state index is 0.00411. The number of rotatable bonds is 4. The molecule has 0 spiro atoms. The summed E-state index contributed by atoms with van der Waals surface area (Å²) in [6.07, 6.45) is 2.03. The van der Waals surface area contributed by atoms with Crippen LogP contribution in [0.1, 0.15) is 46.0 Å². The maximum atomic E-state index is 13.3. The number of carbonyl (C=O) groups is 2. The first-order chi connectivity index (χ1) is 13.7. The lowest BCUT2D eigenvalue weighted by molar-refractivity contribution is -0.139. The molecule has 2 unspecified atom stereocenters. The molecule has 10 heteroatoms. The van der Waals surface area contributed by atoms with Gasteiger partial charge in [0.25, 0.3) is 5.91 Å². The van der Waals surface area contributed by atoms with Crippen LogP contribution >= 0.6 is 0 Å². The van der Waals surface area contributed by atoms with Crippen molar-refractivity contribution in [3.63, 3.8) is 0 Å². The standard InChI is InChI=1S/C19H33N3O6S/c1-14-11-15(2)13-21(12-14)17(23)16-3-7-22(8-4-16)29(26,27)19(18(24)20-25)5-9-28-10-6-19/h14-16,25H,3-13H2,1-2H3,(H,20,24). The zero-order valence-electron chi connectivity index (χ0n) is 17.3. The third-order valence-corrected chi connectivity index (χ3v) is 9.26.